The fraction of sp³-hybridized carbons (Fsp3) is 0.588. The zero-order chi connectivity index (χ0) is 17.7. The minimum atomic E-state index is -3.24. The van der Waals surface area contributed by atoms with E-state index in [2.05, 4.69) is 10.2 Å². The highest BCUT2D eigenvalue weighted by Crippen LogP contribution is 2.26. The highest BCUT2D eigenvalue weighted by Gasteiger charge is 2.23. The number of carbonyl (C=O) groups is 1. The summed E-state index contributed by atoms with van der Waals surface area (Å²) < 4.78 is 23.9. The number of piperidine rings is 1. The van der Waals surface area contributed by atoms with Crippen LogP contribution in [0.3, 0.4) is 0 Å². The van der Waals surface area contributed by atoms with Crippen molar-refractivity contribution in [2.75, 3.05) is 51.4 Å². The molecule has 1 amide bonds. The van der Waals surface area contributed by atoms with Crippen molar-refractivity contribution >= 4 is 21.4 Å². The van der Waals surface area contributed by atoms with Crippen LogP contribution in [0.25, 0.3) is 0 Å². The van der Waals surface area contributed by atoms with Crippen LogP contribution in [0.5, 0.6) is 0 Å². The van der Waals surface area contributed by atoms with E-state index in [1.165, 1.54) is 6.26 Å². The number of nitrogens with zero attached hydrogens (tertiary/aromatic N) is 2. The molecule has 1 saturated heterocycles. The number of amides is 1. The molecule has 0 atom stereocenters. The molecule has 7 heteroatoms. The van der Waals surface area contributed by atoms with Crippen molar-refractivity contribution in [2.24, 2.45) is 5.92 Å². The first kappa shape index (κ1) is 18.7. The number of benzene rings is 1. The molecule has 0 saturated carbocycles. The number of sulfone groups is 1. The van der Waals surface area contributed by atoms with Crippen LogP contribution in [0.2, 0.25) is 0 Å². The second kappa shape index (κ2) is 7.98. The number of rotatable bonds is 6. The van der Waals surface area contributed by atoms with Crippen molar-refractivity contribution in [3.8, 4) is 0 Å². The molecule has 0 radical (unpaired) electrons. The fourth-order valence-corrected chi connectivity index (χ4v) is 4.11. The second-order valence-electron chi connectivity index (χ2n) is 6.51. The molecule has 6 nitrogen and oxygen atoms in total. The number of hydrogen-bond acceptors (Lipinski definition) is 5. The Morgan fingerprint density at radius 2 is 1.92 bits per heavy atom. The van der Waals surface area contributed by atoms with E-state index in [0.29, 0.717) is 17.4 Å². The third-order valence-electron chi connectivity index (χ3n) is 4.56. The van der Waals surface area contributed by atoms with Gasteiger partial charge in [0.2, 0.25) is 5.91 Å². The molecule has 1 aromatic carbocycles. The molecule has 0 unspecified atom stereocenters. The van der Waals surface area contributed by atoms with E-state index in [0.717, 1.165) is 38.2 Å². The molecule has 0 spiro atoms. The van der Waals surface area contributed by atoms with Gasteiger partial charge < -0.3 is 10.2 Å². The molecular formula is C17H27N3O3S. The maximum Gasteiger partial charge on any atom is 0.233 e. The van der Waals surface area contributed by atoms with Crippen molar-refractivity contribution in [1.29, 1.82) is 0 Å². The highest BCUT2D eigenvalue weighted by atomic mass is 32.2. The molecule has 24 heavy (non-hydrogen) atoms. The Bertz CT molecular complexity index is 667. The van der Waals surface area contributed by atoms with Crippen LogP contribution in [-0.4, -0.2) is 65.8 Å². The average Bonchev–Trinajstić information content (AvgIpc) is 2.55. The van der Waals surface area contributed by atoms with Crippen LogP contribution >= 0.6 is 0 Å². The van der Waals surface area contributed by atoms with E-state index in [1.807, 2.05) is 24.1 Å². The summed E-state index contributed by atoms with van der Waals surface area (Å²) in [5.41, 5.74) is 0.757. The van der Waals surface area contributed by atoms with Gasteiger partial charge in [0.25, 0.3) is 0 Å². The zero-order valence-corrected chi connectivity index (χ0v) is 15.5. The maximum absolute atomic E-state index is 12.0. The molecule has 134 valence electrons. The third kappa shape index (κ3) is 4.95. The van der Waals surface area contributed by atoms with Gasteiger partial charge in [-0.1, -0.05) is 12.1 Å². The second-order valence-corrected chi connectivity index (χ2v) is 8.50. The van der Waals surface area contributed by atoms with Crippen LogP contribution in [0.1, 0.15) is 12.8 Å². The number of hydrogen-bond donors (Lipinski definition) is 1. The van der Waals surface area contributed by atoms with Crippen LogP contribution in [0.15, 0.2) is 29.2 Å². The third-order valence-corrected chi connectivity index (χ3v) is 5.71. The molecule has 2 rings (SSSR count). The number of anilines is 1. The van der Waals surface area contributed by atoms with E-state index >= 15 is 0 Å². The molecule has 1 N–H and O–H groups in total. The minimum absolute atomic E-state index is 0.0487. The van der Waals surface area contributed by atoms with Crippen LogP contribution < -0.4 is 10.2 Å². The number of nitrogens with one attached hydrogen (secondary N) is 1. The van der Waals surface area contributed by atoms with Gasteiger partial charge in [0.15, 0.2) is 9.84 Å². The quantitative estimate of drug-likeness (QED) is 0.826. The van der Waals surface area contributed by atoms with E-state index in [9.17, 15) is 13.2 Å². The first-order valence-corrected chi connectivity index (χ1v) is 10.1. The van der Waals surface area contributed by atoms with E-state index in [-0.39, 0.29) is 5.91 Å². The number of likely N-dealkylation sites (N-methyl/N-ethyl adjacent to an activating group) is 1. The SMILES string of the molecule is CNC(=O)CN1CCC(CN(C)c2ccccc2S(C)(=O)=O)CC1. The van der Waals surface area contributed by atoms with Gasteiger partial charge in [-0.3, -0.25) is 9.69 Å². The normalized spacial score (nSPS) is 16.8. The molecule has 0 aliphatic carbocycles. The lowest BCUT2D eigenvalue weighted by Gasteiger charge is -2.34. The smallest absolute Gasteiger partial charge is 0.233 e. The summed E-state index contributed by atoms with van der Waals surface area (Å²) in [6, 6.07) is 7.14. The number of para-hydroxylation sites is 1. The number of carbonyl (C=O) groups excluding carboxylic acids is 1. The van der Waals surface area contributed by atoms with E-state index < -0.39 is 9.84 Å². The lowest BCUT2D eigenvalue weighted by molar-refractivity contribution is -0.122. The first-order valence-electron chi connectivity index (χ1n) is 8.24. The topological polar surface area (TPSA) is 69.7 Å². The highest BCUT2D eigenvalue weighted by molar-refractivity contribution is 7.90. The van der Waals surface area contributed by atoms with Crippen LogP contribution in [-0.2, 0) is 14.6 Å². The largest absolute Gasteiger partial charge is 0.373 e. The molecule has 1 aliphatic heterocycles. The Labute approximate surface area is 144 Å². The summed E-state index contributed by atoms with van der Waals surface area (Å²) >= 11 is 0. The van der Waals surface area contributed by atoms with Gasteiger partial charge in [0.05, 0.1) is 17.1 Å². The lowest BCUT2D eigenvalue weighted by Crippen LogP contribution is -2.42. The first-order chi connectivity index (χ1) is 11.3. The monoisotopic (exact) mass is 353 g/mol. The van der Waals surface area contributed by atoms with Crippen molar-refractivity contribution < 1.29 is 13.2 Å². The molecule has 0 bridgehead atoms. The standard InChI is InChI=1S/C17H27N3O3S/c1-18-17(21)13-20-10-8-14(9-11-20)12-19(2)15-6-4-5-7-16(15)24(3,22)23/h4-7,14H,8-13H2,1-3H3,(H,18,21). The minimum Gasteiger partial charge on any atom is -0.373 e. The van der Waals surface area contributed by atoms with Gasteiger partial charge in [-0.05, 0) is 44.0 Å². The fourth-order valence-electron chi connectivity index (χ4n) is 3.18. The van der Waals surface area contributed by atoms with Crippen molar-refractivity contribution in [1.82, 2.24) is 10.2 Å². The van der Waals surface area contributed by atoms with Crippen LogP contribution in [0, 0.1) is 5.92 Å². The van der Waals surface area contributed by atoms with E-state index in [1.54, 1.807) is 19.2 Å². The summed E-state index contributed by atoms with van der Waals surface area (Å²) in [4.78, 5) is 16.0. The van der Waals surface area contributed by atoms with Gasteiger partial charge in [0.1, 0.15) is 0 Å². The van der Waals surface area contributed by atoms with Gasteiger partial charge in [-0.15, -0.1) is 0 Å². The Morgan fingerprint density at radius 1 is 1.29 bits per heavy atom. The van der Waals surface area contributed by atoms with Gasteiger partial charge >= 0.3 is 0 Å². The van der Waals surface area contributed by atoms with Crippen molar-refractivity contribution in [2.45, 2.75) is 17.7 Å². The van der Waals surface area contributed by atoms with Gasteiger partial charge in [-0.25, -0.2) is 8.42 Å². The predicted octanol–water partition coefficient (Wildman–Crippen LogP) is 0.984. The number of likely N-dealkylation sites (tertiary alicyclic amines) is 1. The summed E-state index contributed by atoms with van der Waals surface area (Å²) in [6.45, 7) is 3.08. The molecule has 1 heterocycles. The van der Waals surface area contributed by atoms with Crippen molar-refractivity contribution in [3.05, 3.63) is 24.3 Å². The Balaban J connectivity index is 1.95. The van der Waals surface area contributed by atoms with Crippen molar-refractivity contribution in [3.63, 3.8) is 0 Å². The molecule has 1 aliphatic rings. The maximum atomic E-state index is 12.0. The molecule has 1 aromatic rings. The van der Waals surface area contributed by atoms with E-state index in [4.69, 9.17) is 0 Å². The summed E-state index contributed by atoms with van der Waals surface area (Å²) in [5.74, 6) is 0.552. The van der Waals surface area contributed by atoms with Gasteiger partial charge in [0, 0.05) is 26.9 Å². The van der Waals surface area contributed by atoms with Crippen LogP contribution in [0.4, 0.5) is 5.69 Å². The zero-order valence-electron chi connectivity index (χ0n) is 14.7. The Kier molecular flexibility index (Phi) is 6.23. The summed E-state index contributed by atoms with van der Waals surface area (Å²) in [6.07, 6.45) is 3.28. The molecule has 1 fully saturated rings. The predicted molar refractivity (Wildman–Crippen MR) is 96.1 cm³/mol. The summed E-state index contributed by atoms with van der Waals surface area (Å²) in [7, 11) is 0.363. The molecule has 0 aromatic heterocycles. The Morgan fingerprint density at radius 3 is 2.50 bits per heavy atom. The average molecular weight is 353 g/mol. The Hall–Kier alpha value is -1.60. The molecular weight excluding hydrogens is 326 g/mol. The lowest BCUT2D eigenvalue weighted by atomic mass is 9.96. The summed E-state index contributed by atoms with van der Waals surface area (Å²) in [5, 5.41) is 2.65. The van der Waals surface area contributed by atoms with Gasteiger partial charge in [-0.2, -0.15) is 0 Å².